The summed E-state index contributed by atoms with van der Waals surface area (Å²) in [7, 11) is 0. The Balaban J connectivity index is 2.11. The van der Waals surface area contributed by atoms with Gasteiger partial charge in [-0.25, -0.2) is 4.79 Å². The van der Waals surface area contributed by atoms with Crippen LogP contribution in [-0.4, -0.2) is 53.6 Å². The van der Waals surface area contributed by atoms with Crippen LogP contribution in [0.1, 0.15) is 47.0 Å². The molecule has 0 spiro atoms. The zero-order valence-corrected chi connectivity index (χ0v) is 13.7. The lowest BCUT2D eigenvalue weighted by Crippen LogP contribution is -2.55. The first-order valence-electron chi connectivity index (χ1n) is 8.03. The van der Waals surface area contributed by atoms with Gasteiger partial charge in [0.05, 0.1) is 12.7 Å². The third kappa shape index (κ3) is 4.33. The summed E-state index contributed by atoms with van der Waals surface area (Å²) >= 11 is 0. The van der Waals surface area contributed by atoms with Crippen LogP contribution in [0.2, 0.25) is 0 Å². The number of nitrogens with zero attached hydrogens (tertiary/aromatic N) is 1. The molecule has 122 valence electrons. The molecule has 4 atom stereocenters. The highest BCUT2D eigenvalue weighted by Gasteiger charge is 2.41. The zero-order chi connectivity index (χ0) is 15.6. The van der Waals surface area contributed by atoms with Gasteiger partial charge in [0, 0.05) is 25.1 Å². The molecule has 2 aliphatic rings. The second kappa shape index (κ2) is 6.53. The maximum Gasteiger partial charge on any atom is 0.410 e. The number of aliphatic hydroxyl groups is 1. The van der Waals surface area contributed by atoms with E-state index in [4.69, 9.17) is 9.47 Å². The number of ether oxygens (including phenoxy) is 2. The number of piperidine rings is 1. The maximum absolute atomic E-state index is 12.5. The lowest BCUT2D eigenvalue weighted by molar-refractivity contribution is -0.0818. The third-order valence-electron chi connectivity index (χ3n) is 4.39. The monoisotopic (exact) mass is 299 g/mol. The highest BCUT2D eigenvalue weighted by Crippen LogP contribution is 2.32. The molecule has 2 rings (SSSR count). The van der Waals surface area contributed by atoms with E-state index in [1.807, 2.05) is 25.7 Å². The number of likely N-dealkylation sites (tertiary alicyclic amines) is 1. The summed E-state index contributed by atoms with van der Waals surface area (Å²) in [5, 5.41) is 10.3. The summed E-state index contributed by atoms with van der Waals surface area (Å²) in [5.74, 6) is 0.553. The van der Waals surface area contributed by atoms with Gasteiger partial charge in [0.15, 0.2) is 0 Å². The topological polar surface area (TPSA) is 59.0 Å². The van der Waals surface area contributed by atoms with Crippen molar-refractivity contribution in [2.24, 2.45) is 11.8 Å². The van der Waals surface area contributed by atoms with Gasteiger partial charge < -0.3 is 19.5 Å². The van der Waals surface area contributed by atoms with E-state index in [1.54, 1.807) is 0 Å². The minimum atomic E-state index is -0.494. The number of amides is 1. The fraction of sp³-hybridized carbons (Fsp3) is 0.938. The normalized spacial score (nSPS) is 34.6. The van der Waals surface area contributed by atoms with Crippen molar-refractivity contribution < 1.29 is 19.4 Å². The Hall–Kier alpha value is -0.810. The Labute approximate surface area is 127 Å². The van der Waals surface area contributed by atoms with Crippen LogP contribution in [0.3, 0.4) is 0 Å². The number of hydrogen-bond donors (Lipinski definition) is 1. The van der Waals surface area contributed by atoms with E-state index in [1.165, 1.54) is 0 Å². The molecule has 0 aromatic rings. The fourth-order valence-electron chi connectivity index (χ4n) is 3.25. The first-order chi connectivity index (χ1) is 9.78. The van der Waals surface area contributed by atoms with Crippen molar-refractivity contribution >= 4 is 6.09 Å². The number of rotatable bonds is 1. The van der Waals surface area contributed by atoms with Crippen LogP contribution in [0, 0.1) is 11.8 Å². The van der Waals surface area contributed by atoms with Crippen LogP contribution in [0.5, 0.6) is 0 Å². The standard InChI is InChI=1S/C16H29NO4/c1-11-5-7-17(15(19)21-16(2,3)4)13(9-11)12-10-20-8-6-14(12)18/h11-14,18H,5-10H2,1-4H3. The van der Waals surface area contributed by atoms with Crippen LogP contribution >= 0.6 is 0 Å². The van der Waals surface area contributed by atoms with Crippen LogP contribution in [-0.2, 0) is 9.47 Å². The highest BCUT2D eigenvalue weighted by molar-refractivity contribution is 5.68. The average molecular weight is 299 g/mol. The lowest BCUT2D eigenvalue weighted by atomic mass is 9.81. The molecule has 1 amide bonds. The van der Waals surface area contributed by atoms with E-state index >= 15 is 0 Å². The van der Waals surface area contributed by atoms with Crippen molar-refractivity contribution in [1.29, 1.82) is 0 Å². The average Bonchev–Trinajstić information content (AvgIpc) is 2.37. The molecule has 2 aliphatic heterocycles. The van der Waals surface area contributed by atoms with Gasteiger partial charge in [0.25, 0.3) is 0 Å². The van der Waals surface area contributed by atoms with Crippen molar-refractivity contribution in [3.05, 3.63) is 0 Å². The van der Waals surface area contributed by atoms with Gasteiger partial charge in [-0.05, 0) is 46.0 Å². The molecular weight excluding hydrogens is 270 g/mol. The summed E-state index contributed by atoms with van der Waals surface area (Å²) in [5.41, 5.74) is -0.494. The highest BCUT2D eigenvalue weighted by atomic mass is 16.6. The summed E-state index contributed by atoms with van der Waals surface area (Å²) in [6, 6.07) is 0.0129. The maximum atomic E-state index is 12.5. The number of carbonyl (C=O) groups excluding carboxylic acids is 1. The number of aliphatic hydroxyl groups excluding tert-OH is 1. The molecule has 2 fully saturated rings. The molecule has 0 radical (unpaired) electrons. The van der Waals surface area contributed by atoms with Gasteiger partial charge in [-0.3, -0.25) is 0 Å². The molecule has 2 heterocycles. The largest absolute Gasteiger partial charge is 0.444 e. The number of hydrogen-bond acceptors (Lipinski definition) is 4. The van der Waals surface area contributed by atoms with Crippen LogP contribution in [0.15, 0.2) is 0 Å². The molecule has 0 aromatic carbocycles. The Morgan fingerprint density at radius 3 is 2.67 bits per heavy atom. The molecular formula is C16H29NO4. The van der Waals surface area contributed by atoms with Crippen molar-refractivity contribution in [3.8, 4) is 0 Å². The molecule has 0 saturated carbocycles. The zero-order valence-electron chi connectivity index (χ0n) is 13.7. The minimum absolute atomic E-state index is 0.00554. The Morgan fingerprint density at radius 1 is 1.33 bits per heavy atom. The summed E-state index contributed by atoms with van der Waals surface area (Å²) in [6.45, 7) is 9.67. The van der Waals surface area contributed by atoms with E-state index < -0.39 is 5.60 Å². The van der Waals surface area contributed by atoms with Gasteiger partial charge in [0.2, 0.25) is 0 Å². The van der Waals surface area contributed by atoms with Gasteiger partial charge >= 0.3 is 6.09 Å². The van der Waals surface area contributed by atoms with E-state index in [9.17, 15) is 9.90 Å². The van der Waals surface area contributed by atoms with E-state index in [-0.39, 0.29) is 24.2 Å². The summed E-state index contributed by atoms with van der Waals surface area (Å²) < 4.78 is 11.1. The molecule has 0 aliphatic carbocycles. The quantitative estimate of drug-likeness (QED) is 0.808. The smallest absolute Gasteiger partial charge is 0.410 e. The molecule has 4 unspecified atom stereocenters. The second-order valence-electron chi connectivity index (χ2n) is 7.47. The van der Waals surface area contributed by atoms with Crippen molar-refractivity contribution in [1.82, 2.24) is 4.90 Å². The van der Waals surface area contributed by atoms with Crippen molar-refractivity contribution in [3.63, 3.8) is 0 Å². The van der Waals surface area contributed by atoms with Crippen molar-refractivity contribution in [2.45, 2.75) is 64.7 Å². The predicted molar refractivity (Wildman–Crippen MR) is 80.1 cm³/mol. The van der Waals surface area contributed by atoms with Crippen LogP contribution in [0.4, 0.5) is 4.79 Å². The Kier molecular flexibility index (Phi) is 5.15. The first-order valence-corrected chi connectivity index (χ1v) is 8.03. The summed E-state index contributed by atoms with van der Waals surface area (Å²) in [4.78, 5) is 14.3. The SMILES string of the molecule is CC1CCN(C(=O)OC(C)(C)C)C(C2COCCC2O)C1. The Morgan fingerprint density at radius 2 is 2.05 bits per heavy atom. The lowest BCUT2D eigenvalue weighted by Gasteiger charge is -2.45. The van der Waals surface area contributed by atoms with Gasteiger partial charge in [-0.2, -0.15) is 0 Å². The molecule has 5 heteroatoms. The van der Waals surface area contributed by atoms with E-state index in [0.717, 1.165) is 12.8 Å². The van der Waals surface area contributed by atoms with Crippen LogP contribution in [0.25, 0.3) is 0 Å². The third-order valence-corrected chi connectivity index (χ3v) is 4.39. The fourth-order valence-corrected chi connectivity index (χ4v) is 3.25. The summed E-state index contributed by atoms with van der Waals surface area (Å²) in [6.07, 6.45) is 1.89. The van der Waals surface area contributed by atoms with Gasteiger partial charge in [-0.1, -0.05) is 6.92 Å². The Bertz CT molecular complexity index is 366. The predicted octanol–water partition coefficient (Wildman–Crippen LogP) is 2.42. The number of carbonyl (C=O) groups is 1. The molecule has 5 nitrogen and oxygen atoms in total. The first kappa shape index (κ1) is 16.6. The molecule has 2 saturated heterocycles. The molecule has 0 bridgehead atoms. The van der Waals surface area contributed by atoms with Gasteiger partial charge in [-0.15, -0.1) is 0 Å². The second-order valence-corrected chi connectivity index (χ2v) is 7.47. The van der Waals surface area contributed by atoms with Gasteiger partial charge in [0.1, 0.15) is 5.60 Å². The molecule has 1 N–H and O–H groups in total. The van der Waals surface area contributed by atoms with Crippen LogP contribution < -0.4 is 0 Å². The van der Waals surface area contributed by atoms with Crippen molar-refractivity contribution in [2.75, 3.05) is 19.8 Å². The minimum Gasteiger partial charge on any atom is -0.444 e. The van der Waals surface area contributed by atoms with E-state index in [0.29, 0.717) is 32.1 Å². The van der Waals surface area contributed by atoms with E-state index in [2.05, 4.69) is 6.92 Å². The molecule has 21 heavy (non-hydrogen) atoms. The molecule has 0 aromatic heterocycles.